The van der Waals surface area contributed by atoms with Gasteiger partial charge in [-0.15, -0.1) is 0 Å². The van der Waals surface area contributed by atoms with Crippen LogP contribution in [0.15, 0.2) is 24.3 Å². The highest BCUT2D eigenvalue weighted by Gasteiger charge is 2.15. The molecule has 0 saturated heterocycles. The average Bonchev–Trinajstić information content (AvgIpc) is 2.44. The largest absolute Gasteiger partial charge is 0.390 e. The van der Waals surface area contributed by atoms with E-state index in [1.807, 2.05) is 6.08 Å². The van der Waals surface area contributed by atoms with Crippen LogP contribution in [0.3, 0.4) is 0 Å². The van der Waals surface area contributed by atoms with Gasteiger partial charge < -0.3 is 15.3 Å². The number of rotatable bonds is 13. The van der Waals surface area contributed by atoms with E-state index in [4.69, 9.17) is 15.3 Å². The Bertz CT molecular complexity index is 257. The number of hydrogen-bond donors (Lipinski definition) is 3. The Morgan fingerprint density at radius 3 is 1.90 bits per heavy atom. The maximum absolute atomic E-state index is 9.09. The molecule has 0 aromatic carbocycles. The van der Waals surface area contributed by atoms with E-state index in [1.165, 1.54) is 63.9 Å². The molecule has 0 heterocycles. The van der Waals surface area contributed by atoms with Crippen molar-refractivity contribution in [1.82, 2.24) is 0 Å². The van der Waals surface area contributed by atoms with E-state index in [0.717, 1.165) is 6.42 Å². The number of hydrogen-bond acceptors (Lipinski definition) is 3. The molecule has 0 aliphatic carbocycles. The van der Waals surface area contributed by atoms with Gasteiger partial charge in [-0.3, -0.25) is 0 Å². The molecule has 0 bridgehead atoms. The zero-order chi connectivity index (χ0) is 15.1. The lowest BCUT2D eigenvalue weighted by Gasteiger charge is -2.11. The van der Waals surface area contributed by atoms with E-state index in [-0.39, 0.29) is 0 Å². The lowest BCUT2D eigenvalue weighted by Crippen LogP contribution is -2.29. The first kappa shape index (κ1) is 19.4. The second-order valence-electron chi connectivity index (χ2n) is 5.44. The first-order valence-corrected chi connectivity index (χ1v) is 8.02. The molecule has 0 aromatic rings. The molecule has 3 nitrogen and oxygen atoms in total. The molecule has 0 amide bonds. The van der Waals surface area contributed by atoms with Gasteiger partial charge >= 0.3 is 0 Å². The van der Waals surface area contributed by atoms with Crippen molar-refractivity contribution >= 4 is 0 Å². The summed E-state index contributed by atoms with van der Waals surface area (Å²) in [6, 6.07) is 0. The predicted octanol–water partition coefficient (Wildman–Crippen LogP) is 3.69. The lowest BCUT2D eigenvalue weighted by atomic mass is 10.1. The minimum atomic E-state index is -2.10. The van der Waals surface area contributed by atoms with Crippen LogP contribution in [0.25, 0.3) is 0 Å². The number of aliphatic hydroxyl groups excluding tert-OH is 1. The predicted molar refractivity (Wildman–Crippen MR) is 84.4 cm³/mol. The average molecular weight is 284 g/mol. The van der Waals surface area contributed by atoms with Crippen LogP contribution in [0.2, 0.25) is 0 Å². The van der Waals surface area contributed by atoms with Gasteiger partial charge in [0.1, 0.15) is 6.61 Å². The van der Waals surface area contributed by atoms with Crippen molar-refractivity contribution in [2.45, 2.75) is 76.9 Å². The van der Waals surface area contributed by atoms with Gasteiger partial charge in [-0.25, -0.2) is 0 Å². The van der Waals surface area contributed by atoms with Gasteiger partial charge in [0.2, 0.25) is 5.79 Å². The standard InChI is InChI=1S/C17H32O3/c1-2-3-4-5-6-7-8-9-10-11-12-13-14-15-17(19,20)16-18/h12-15,18-20H,2-11,16H2,1H3. The van der Waals surface area contributed by atoms with Crippen molar-refractivity contribution in [2.24, 2.45) is 0 Å². The summed E-state index contributed by atoms with van der Waals surface area (Å²) < 4.78 is 0. The molecular weight excluding hydrogens is 252 g/mol. The molecule has 0 rings (SSSR count). The highest BCUT2D eigenvalue weighted by Crippen LogP contribution is 2.10. The third kappa shape index (κ3) is 13.8. The minimum absolute atomic E-state index is 0.685. The van der Waals surface area contributed by atoms with Gasteiger partial charge in [0.25, 0.3) is 0 Å². The summed E-state index contributed by atoms with van der Waals surface area (Å²) in [5, 5.41) is 26.8. The number of aliphatic hydroxyl groups is 3. The molecule has 0 atom stereocenters. The highest BCUT2D eigenvalue weighted by molar-refractivity contribution is 5.06. The molecule has 20 heavy (non-hydrogen) atoms. The molecule has 3 heteroatoms. The first-order chi connectivity index (χ1) is 9.62. The van der Waals surface area contributed by atoms with Crippen LogP contribution >= 0.6 is 0 Å². The zero-order valence-electron chi connectivity index (χ0n) is 12.9. The van der Waals surface area contributed by atoms with Crippen LogP contribution in [-0.4, -0.2) is 27.7 Å². The molecule has 3 N–H and O–H groups in total. The third-order valence-electron chi connectivity index (χ3n) is 3.32. The molecule has 0 aliphatic heterocycles. The fraction of sp³-hybridized carbons (Fsp3) is 0.765. The molecule has 0 aromatic heterocycles. The van der Waals surface area contributed by atoms with E-state index in [1.54, 1.807) is 12.2 Å². The Morgan fingerprint density at radius 1 is 0.800 bits per heavy atom. The van der Waals surface area contributed by atoms with Crippen molar-refractivity contribution in [1.29, 1.82) is 0 Å². The van der Waals surface area contributed by atoms with Crippen LogP contribution in [0.5, 0.6) is 0 Å². The Labute approximate surface area is 124 Å². The van der Waals surface area contributed by atoms with Crippen molar-refractivity contribution in [3.05, 3.63) is 24.3 Å². The monoisotopic (exact) mass is 284 g/mol. The fourth-order valence-corrected chi connectivity index (χ4v) is 2.01. The molecule has 0 saturated carbocycles. The summed E-state index contributed by atoms with van der Waals surface area (Å²) in [6.07, 6.45) is 19.5. The van der Waals surface area contributed by atoms with Crippen LogP contribution < -0.4 is 0 Å². The minimum Gasteiger partial charge on any atom is -0.390 e. The van der Waals surface area contributed by atoms with E-state index in [0.29, 0.717) is 0 Å². The lowest BCUT2D eigenvalue weighted by molar-refractivity contribution is -0.146. The van der Waals surface area contributed by atoms with Crippen molar-refractivity contribution < 1.29 is 15.3 Å². The Kier molecular flexibility index (Phi) is 12.9. The molecule has 0 radical (unpaired) electrons. The van der Waals surface area contributed by atoms with Crippen molar-refractivity contribution in [3.63, 3.8) is 0 Å². The molecule has 0 unspecified atom stereocenters. The molecular formula is C17H32O3. The maximum Gasteiger partial charge on any atom is 0.207 e. The van der Waals surface area contributed by atoms with Crippen molar-refractivity contribution in [3.8, 4) is 0 Å². The summed E-state index contributed by atoms with van der Waals surface area (Å²) in [6.45, 7) is 1.56. The summed E-state index contributed by atoms with van der Waals surface area (Å²) in [5.74, 6) is -2.10. The highest BCUT2D eigenvalue weighted by atomic mass is 16.5. The topological polar surface area (TPSA) is 60.7 Å². The van der Waals surface area contributed by atoms with Crippen LogP contribution in [-0.2, 0) is 0 Å². The van der Waals surface area contributed by atoms with E-state index < -0.39 is 12.4 Å². The normalized spacial score (nSPS) is 12.8. The maximum atomic E-state index is 9.09. The first-order valence-electron chi connectivity index (χ1n) is 8.02. The molecule has 118 valence electrons. The Hall–Kier alpha value is -0.640. The second kappa shape index (κ2) is 13.3. The summed E-state index contributed by atoms with van der Waals surface area (Å²) >= 11 is 0. The quantitative estimate of drug-likeness (QED) is 0.274. The van der Waals surface area contributed by atoms with E-state index in [2.05, 4.69) is 6.92 Å². The Balaban J connectivity index is 3.32. The van der Waals surface area contributed by atoms with Gasteiger partial charge in [-0.05, 0) is 18.9 Å². The van der Waals surface area contributed by atoms with Crippen molar-refractivity contribution in [2.75, 3.05) is 6.61 Å². The van der Waals surface area contributed by atoms with Gasteiger partial charge in [0, 0.05) is 0 Å². The van der Waals surface area contributed by atoms with Crippen LogP contribution in [0, 0.1) is 0 Å². The third-order valence-corrected chi connectivity index (χ3v) is 3.32. The second-order valence-corrected chi connectivity index (χ2v) is 5.44. The SMILES string of the molecule is CCCCCCCCCCCC=CC=CC(O)(O)CO. The van der Waals surface area contributed by atoms with Gasteiger partial charge in [-0.2, -0.15) is 0 Å². The zero-order valence-corrected chi connectivity index (χ0v) is 12.9. The molecule has 0 spiro atoms. The van der Waals surface area contributed by atoms with Gasteiger partial charge in [0.15, 0.2) is 0 Å². The summed E-state index contributed by atoms with van der Waals surface area (Å²) in [7, 11) is 0. The summed E-state index contributed by atoms with van der Waals surface area (Å²) in [4.78, 5) is 0. The number of allylic oxidation sites excluding steroid dienone is 3. The van der Waals surface area contributed by atoms with E-state index >= 15 is 0 Å². The van der Waals surface area contributed by atoms with Crippen LogP contribution in [0.4, 0.5) is 0 Å². The smallest absolute Gasteiger partial charge is 0.207 e. The number of unbranched alkanes of at least 4 members (excludes halogenated alkanes) is 9. The fourth-order valence-electron chi connectivity index (χ4n) is 2.01. The summed E-state index contributed by atoms with van der Waals surface area (Å²) in [5.41, 5.74) is 0. The van der Waals surface area contributed by atoms with Gasteiger partial charge in [0.05, 0.1) is 0 Å². The molecule has 0 aliphatic rings. The Morgan fingerprint density at radius 2 is 1.35 bits per heavy atom. The van der Waals surface area contributed by atoms with Gasteiger partial charge in [-0.1, -0.05) is 76.5 Å². The molecule has 0 fully saturated rings. The van der Waals surface area contributed by atoms with Crippen LogP contribution in [0.1, 0.15) is 71.1 Å². The van der Waals surface area contributed by atoms with E-state index in [9.17, 15) is 0 Å².